The Morgan fingerprint density at radius 3 is 2.76 bits per heavy atom. The summed E-state index contributed by atoms with van der Waals surface area (Å²) in [5.41, 5.74) is -0.571. The zero-order valence-corrected chi connectivity index (χ0v) is 13.2. The summed E-state index contributed by atoms with van der Waals surface area (Å²) in [5.74, 6) is 0.0101. The van der Waals surface area contributed by atoms with Crippen LogP contribution in [-0.4, -0.2) is 41.4 Å². The molecule has 1 N–H and O–H groups in total. The molecule has 0 bridgehead atoms. The van der Waals surface area contributed by atoms with E-state index in [4.69, 9.17) is 0 Å². The van der Waals surface area contributed by atoms with Gasteiger partial charge in [0.05, 0.1) is 5.41 Å². The Labute approximate surface area is 129 Å². The van der Waals surface area contributed by atoms with E-state index in [1.165, 1.54) is 12.1 Å². The van der Waals surface area contributed by atoms with Crippen molar-refractivity contribution in [3.63, 3.8) is 0 Å². The predicted molar refractivity (Wildman–Crippen MR) is 83.2 cm³/mol. The van der Waals surface area contributed by atoms with Gasteiger partial charge in [0.2, 0.25) is 0 Å². The highest BCUT2D eigenvalue weighted by atomic mass is 32.2. The maximum absolute atomic E-state index is 12.8. The van der Waals surface area contributed by atoms with Crippen molar-refractivity contribution in [3.05, 3.63) is 30.1 Å². The molecule has 1 aromatic carbocycles. The summed E-state index contributed by atoms with van der Waals surface area (Å²) < 4.78 is 12.8. The molecular formula is C16H22FNO2S. The molecule has 0 saturated carbocycles. The van der Waals surface area contributed by atoms with Gasteiger partial charge in [0.1, 0.15) is 5.82 Å². The molecule has 0 radical (unpaired) electrons. The van der Waals surface area contributed by atoms with Crippen LogP contribution < -0.4 is 0 Å². The number of carboxylic acid groups (broad SMARTS) is 1. The normalized spacial score (nSPS) is 23.1. The highest BCUT2D eigenvalue weighted by Gasteiger charge is 2.40. The fourth-order valence-corrected chi connectivity index (χ4v) is 3.77. The molecule has 1 aliphatic rings. The van der Waals surface area contributed by atoms with Crippen LogP contribution in [0.15, 0.2) is 29.2 Å². The number of rotatable bonds is 6. The standard InChI is InChI=1S/C16H22FNO2S/c1-2-16(15(19)20)8-3-9-18(12-16)10-11-21-14-6-4-13(17)5-7-14/h4-7H,2-3,8-12H2,1H3,(H,19,20). The number of carbonyl (C=O) groups is 1. The van der Waals surface area contributed by atoms with Gasteiger partial charge in [-0.1, -0.05) is 6.92 Å². The average Bonchev–Trinajstić information content (AvgIpc) is 2.49. The van der Waals surface area contributed by atoms with Crippen LogP contribution in [0.25, 0.3) is 0 Å². The zero-order valence-electron chi connectivity index (χ0n) is 12.3. The van der Waals surface area contributed by atoms with Gasteiger partial charge < -0.3 is 10.0 Å². The van der Waals surface area contributed by atoms with Crippen LogP contribution in [0.3, 0.4) is 0 Å². The van der Waals surface area contributed by atoms with Crippen LogP contribution in [-0.2, 0) is 4.79 Å². The highest BCUT2D eigenvalue weighted by Crippen LogP contribution is 2.33. The minimum Gasteiger partial charge on any atom is -0.481 e. The van der Waals surface area contributed by atoms with Gasteiger partial charge >= 0.3 is 5.97 Å². The highest BCUT2D eigenvalue weighted by molar-refractivity contribution is 7.99. The van der Waals surface area contributed by atoms with Gasteiger partial charge in [0.15, 0.2) is 0 Å². The summed E-state index contributed by atoms with van der Waals surface area (Å²) >= 11 is 1.68. The molecule has 2 rings (SSSR count). The molecule has 1 saturated heterocycles. The van der Waals surface area contributed by atoms with Crippen LogP contribution in [0.1, 0.15) is 26.2 Å². The zero-order chi connectivity index (χ0) is 15.3. The number of hydrogen-bond donors (Lipinski definition) is 1. The minimum atomic E-state index is -0.666. The molecule has 5 heteroatoms. The van der Waals surface area contributed by atoms with Crippen LogP contribution in [0.4, 0.5) is 4.39 Å². The molecule has 0 spiro atoms. The van der Waals surface area contributed by atoms with E-state index in [1.54, 1.807) is 23.9 Å². The van der Waals surface area contributed by atoms with Crippen molar-refractivity contribution in [1.82, 2.24) is 4.90 Å². The van der Waals surface area contributed by atoms with Crippen molar-refractivity contribution in [2.24, 2.45) is 5.41 Å². The Kier molecular flexibility index (Phi) is 5.65. The minimum absolute atomic E-state index is 0.218. The third-order valence-corrected chi connectivity index (χ3v) is 5.27. The van der Waals surface area contributed by atoms with Gasteiger partial charge in [-0.3, -0.25) is 4.79 Å². The summed E-state index contributed by atoms with van der Waals surface area (Å²) in [4.78, 5) is 14.8. The largest absolute Gasteiger partial charge is 0.481 e. The number of likely N-dealkylation sites (tertiary alicyclic amines) is 1. The number of carboxylic acids is 1. The van der Waals surface area contributed by atoms with E-state index in [9.17, 15) is 14.3 Å². The molecule has 1 heterocycles. The molecule has 1 atom stereocenters. The van der Waals surface area contributed by atoms with Crippen LogP contribution >= 0.6 is 11.8 Å². The van der Waals surface area contributed by atoms with Gasteiger partial charge in [-0.15, -0.1) is 11.8 Å². The van der Waals surface area contributed by atoms with Crippen molar-refractivity contribution >= 4 is 17.7 Å². The number of halogens is 1. The van der Waals surface area contributed by atoms with E-state index in [0.717, 1.165) is 36.6 Å². The first-order valence-corrected chi connectivity index (χ1v) is 8.38. The van der Waals surface area contributed by atoms with Gasteiger partial charge in [-0.25, -0.2) is 4.39 Å². The molecule has 3 nitrogen and oxygen atoms in total. The van der Waals surface area contributed by atoms with E-state index in [0.29, 0.717) is 13.0 Å². The quantitative estimate of drug-likeness (QED) is 0.816. The average molecular weight is 311 g/mol. The second kappa shape index (κ2) is 7.27. The third kappa shape index (κ3) is 4.20. The lowest BCUT2D eigenvalue weighted by molar-refractivity contribution is -0.152. The SMILES string of the molecule is CCC1(C(=O)O)CCCN(CCSc2ccc(F)cc2)C1. The Morgan fingerprint density at radius 1 is 1.43 bits per heavy atom. The summed E-state index contributed by atoms with van der Waals surface area (Å²) in [6, 6.07) is 6.50. The molecule has 1 aromatic rings. The van der Waals surface area contributed by atoms with Gasteiger partial charge in [0, 0.05) is 23.7 Å². The first kappa shape index (κ1) is 16.3. The van der Waals surface area contributed by atoms with E-state index >= 15 is 0 Å². The lowest BCUT2D eigenvalue weighted by atomic mass is 9.78. The lowest BCUT2D eigenvalue weighted by Gasteiger charge is -2.39. The number of piperidine rings is 1. The van der Waals surface area contributed by atoms with Crippen LogP contribution in [0, 0.1) is 11.2 Å². The van der Waals surface area contributed by atoms with Crippen molar-refractivity contribution in [2.75, 3.05) is 25.4 Å². The second-order valence-electron chi connectivity index (χ2n) is 5.62. The molecule has 0 aliphatic carbocycles. The van der Waals surface area contributed by atoms with Gasteiger partial charge in [-0.05, 0) is 50.1 Å². The Hall–Kier alpha value is -1.07. The Morgan fingerprint density at radius 2 is 2.14 bits per heavy atom. The molecular weight excluding hydrogens is 289 g/mol. The lowest BCUT2D eigenvalue weighted by Crippen LogP contribution is -2.48. The van der Waals surface area contributed by atoms with E-state index in [1.807, 2.05) is 6.92 Å². The smallest absolute Gasteiger partial charge is 0.310 e. The first-order valence-electron chi connectivity index (χ1n) is 7.40. The summed E-state index contributed by atoms with van der Waals surface area (Å²) in [6.07, 6.45) is 2.41. The van der Waals surface area contributed by atoms with Crippen molar-refractivity contribution < 1.29 is 14.3 Å². The van der Waals surface area contributed by atoms with Crippen LogP contribution in [0.2, 0.25) is 0 Å². The van der Waals surface area contributed by atoms with Gasteiger partial charge in [-0.2, -0.15) is 0 Å². The number of aliphatic carboxylic acids is 1. The van der Waals surface area contributed by atoms with Crippen molar-refractivity contribution in [3.8, 4) is 0 Å². The predicted octanol–water partition coefficient (Wildman–Crippen LogP) is 3.49. The molecule has 116 valence electrons. The topological polar surface area (TPSA) is 40.5 Å². The molecule has 1 fully saturated rings. The van der Waals surface area contributed by atoms with E-state index < -0.39 is 11.4 Å². The number of thioether (sulfide) groups is 1. The van der Waals surface area contributed by atoms with Crippen molar-refractivity contribution in [1.29, 1.82) is 0 Å². The summed E-state index contributed by atoms with van der Waals surface area (Å²) in [6.45, 7) is 4.45. The Balaban J connectivity index is 1.83. The van der Waals surface area contributed by atoms with Crippen LogP contribution in [0.5, 0.6) is 0 Å². The van der Waals surface area contributed by atoms with E-state index in [-0.39, 0.29) is 5.82 Å². The number of hydrogen-bond acceptors (Lipinski definition) is 3. The number of nitrogens with zero attached hydrogens (tertiary/aromatic N) is 1. The monoisotopic (exact) mass is 311 g/mol. The van der Waals surface area contributed by atoms with Crippen molar-refractivity contribution in [2.45, 2.75) is 31.1 Å². The molecule has 1 aliphatic heterocycles. The maximum Gasteiger partial charge on any atom is 0.310 e. The second-order valence-corrected chi connectivity index (χ2v) is 6.79. The summed E-state index contributed by atoms with van der Waals surface area (Å²) in [5, 5.41) is 9.47. The fraction of sp³-hybridized carbons (Fsp3) is 0.562. The fourth-order valence-electron chi connectivity index (χ4n) is 2.86. The first-order chi connectivity index (χ1) is 10.1. The molecule has 0 aromatic heterocycles. The maximum atomic E-state index is 12.8. The van der Waals surface area contributed by atoms with Gasteiger partial charge in [0.25, 0.3) is 0 Å². The summed E-state index contributed by atoms with van der Waals surface area (Å²) in [7, 11) is 0. The Bertz CT molecular complexity index is 480. The molecule has 1 unspecified atom stereocenters. The molecule has 0 amide bonds. The molecule has 21 heavy (non-hydrogen) atoms. The number of benzene rings is 1. The third-order valence-electron chi connectivity index (χ3n) is 4.28. The van der Waals surface area contributed by atoms with E-state index in [2.05, 4.69) is 4.90 Å².